The molecule has 0 radical (unpaired) electrons. The zero-order chi connectivity index (χ0) is 14.8. The van der Waals surface area contributed by atoms with Gasteiger partial charge in [0.05, 0.1) is 11.7 Å². The molecule has 1 N–H and O–H groups in total. The van der Waals surface area contributed by atoms with Crippen molar-refractivity contribution in [1.29, 1.82) is 0 Å². The summed E-state index contributed by atoms with van der Waals surface area (Å²) >= 11 is 3.48. The molecule has 1 aliphatic carbocycles. The molecule has 1 heterocycles. The lowest BCUT2D eigenvalue weighted by atomic mass is 10.1. The second kappa shape index (κ2) is 5.98. The van der Waals surface area contributed by atoms with E-state index in [1.54, 1.807) is 6.20 Å². The lowest BCUT2D eigenvalue weighted by Crippen LogP contribution is -2.28. The molecule has 3 rings (SSSR count). The Hall–Kier alpha value is -1.68. The Morgan fingerprint density at radius 3 is 2.90 bits per heavy atom. The van der Waals surface area contributed by atoms with Gasteiger partial charge in [0, 0.05) is 16.6 Å². The van der Waals surface area contributed by atoms with Crippen LogP contribution in [0.5, 0.6) is 0 Å². The van der Waals surface area contributed by atoms with Crippen LogP contribution < -0.4 is 5.32 Å². The standard InChI is InChI=1S/C17H17BrN2O/c1-11(16-7-2-3-8-19-16)20-17(21)15-10-14(15)12-5-4-6-13(18)9-12/h2-9,11,14-15H,10H2,1H3,(H,20,21). The van der Waals surface area contributed by atoms with Gasteiger partial charge in [0.25, 0.3) is 0 Å². The maximum absolute atomic E-state index is 12.3. The van der Waals surface area contributed by atoms with Gasteiger partial charge in [-0.1, -0.05) is 34.1 Å². The van der Waals surface area contributed by atoms with E-state index in [2.05, 4.69) is 38.4 Å². The normalized spacial score (nSPS) is 21.6. The number of amides is 1. The molecule has 1 aromatic heterocycles. The number of nitrogens with one attached hydrogen (secondary N) is 1. The number of aromatic nitrogens is 1. The van der Waals surface area contributed by atoms with Crippen molar-refractivity contribution in [3.8, 4) is 0 Å². The van der Waals surface area contributed by atoms with Gasteiger partial charge in [0.1, 0.15) is 0 Å². The average molecular weight is 345 g/mol. The van der Waals surface area contributed by atoms with Crippen molar-refractivity contribution in [2.24, 2.45) is 5.92 Å². The number of rotatable bonds is 4. The van der Waals surface area contributed by atoms with Gasteiger partial charge in [0.15, 0.2) is 0 Å². The highest BCUT2D eigenvalue weighted by molar-refractivity contribution is 9.10. The van der Waals surface area contributed by atoms with Gasteiger partial charge in [-0.15, -0.1) is 0 Å². The van der Waals surface area contributed by atoms with E-state index >= 15 is 0 Å². The maximum Gasteiger partial charge on any atom is 0.224 e. The van der Waals surface area contributed by atoms with Crippen LogP contribution in [0.25, 0.3) is 0 Å². The minimum Gasteiger partial charge on any atom is -0.348 e. The lowest BCUT2D eigenvalue weighted by Gasteiger charge is -2.13. The Balaban J connectivity index is 1.61. The second-order valence-corrected chi connectivity index (χ2v) is 6.40. The van der Waals surface area contributed by atoms with E-state index in [9.17, 15) is 4.79 Å². The van der Waals surface area contributed by atoms with Crippen LogP contribution in [0.1, 0.15) is 36.6 Å². The summed E-state index contributed by atoms with van der Waals surface area (Å²) in [4.78, 5) is 16.6. The lowest BCUT2D eigenvalue weighted by molar-refractivity contribution is -0.123. The Morgan fingerprint density at radius 1 is 1.33 bits per heavy atom. The van der Waals surface area contributed by atoms with Crippen molar-refractivity contribution in [3.63, 3.8) is 0 Å². The van der Waals surface area contributed by atoms with Crippen LogP contribution in [-0.2, 0) is 4.79 Å². The zero-order valence-electron chi connectivity index (χ0n) is 11.8. The van der Waals surface area contributed by atoms with E-state index in [1.807, 2.05) is 37.3 Å². The van der Waals surface area contributed by atoms with Gasteiger partial charge >= 0.3 is 0 Å². The van der Waals surface area contributed by atoms with E-state index in [0.29, 0.717) is 5.92 Å². The highest BCUT2D eigenvalue weighted by Crippen LogP contribution is 2.48. The van der Waals surface area contributed by atoms with E-state index in [-0.39, 0.29) is 17.9 Å². The summed E-state index contributed by atoms with van der Waals surface area (Å²) in [7, 11) is 0. The molecule has 1 aromatic carbocycles. The molecule has 2 aromatic rings. The molecule has 0 aliphatic heterocycles. The Kier molecular flexibility index (Phi) is 4.06. The van der Waals surface area contributed by atoms with Crippen molar-refractivity contribution in [1.82, 2.24) is 10.3 Å². The van der Waals surface area contributed by atoms with Crippen LogP contribution in [0, 0.1) is 5.92 Å². The fourth-order valence-corrected chi connectivity index (χ4v) is 3.03. The topological polar surface area (TPSA) is 42.0 Å². The van der Waals surface area contributed by atoms with Gasteiger partial charge in [-0.05, 0) is 49.1 Å². The summed E-state index contributed by atoms with van der Waals surface area (Å²) in [5.74, 6) is 0.557. The third-order valence-electron chi connectivity index (χ3n) is 3.89. The molecule has 3 nitrogen and oxygen atoms in total. The van der Waals surface area contributed by atoms with Crippen molar-refractivity contribution < 1.29 is 4.79 Å². The number of halogens is 1. The highest BCUT2D eigenvalue weighted by atomic mass is 79.9. The summed E-state index contributed by atoms with van der Waals surface area (Å²) in [5.41, 5.74) is 2.13. The molecule has 1 amide bonds. The van der Waals surface area contributed by atoms with E-state index in [4.69, 9.17) is 0 Å². The van der Waals surface area contributed by atoms with E-state index in [1.165, 1.54) is 5.56 Å². The molecular weight excluding hydrogens is 328 g/mol. The summed E-state index contributed by atoms with van der Waals surface area (Å²) in [6.45, 7) is 1.97. The number of nitrogens with zero attached hydrogens (tertiary/aromatic N) is 1. The number of carbonyl (C=O) groups excluding carboxylic acids is 1. The Labute approximate surface area is 132 Å². The first-order valence-electron chi connectivity index (χ1n) is 7.12. The predicted molar refractivity (Wildman–Crippen MR) is 85.8 cm³/mol. The van der Waals surface area contributed by atoms with Crippen LogP contribution in [0.4, 0.5) is 0 Å². The first-order valence-corrected chi connectivity index (χ1v) is 7.91. The predicted octanol–water partition coefficient (Wildman–Crippen LogP) is 3.83. The fourth-order valence-electron chi connectivity index (χ4n) is 2.62. The van der Waals surface area contributed by atoms with Crippen LogP contribution in [-0.4, -0.2) is 10.9 Å². The molecule has 1 fully saturated rings. The first-order chi connectivity index (χ1) is 10.1. The quantitative estimate of drug-likeness (QED) is 0.915. The molecule has 0 bridgehead atoms. The molecule has 0 saturated heterocycles. The van der Waals surface area contributed by atoms with E-state index < -0.39 is 0 Å². The van der Waals surface area contributed by atoms with Crippen LogP contribution in [0.2, 0.25) is 0 Å². The second-order valence-electron chi connectivity index (χ2n) is 5.49. The van der Waals surface area contributed by atoms with Gasteiger partial charge in [0.2, 0.25) is 5.91 Å². The number of pyridine rings is 1. The summed E-state index contributed by atoms with van der Waals surface area (Å²) in [6.07, 6.45) is 2.68. The molecule has 3 atom stereocenters. The minimum absolute atomic E-state index is 0.0533. The third kappa shape index (κ3) is 3.32. The number of hydrogen-bond acceptors (Lipinski definition) is 2. The minimum atomic E-state index is -0.0533. The Morgan fingerprint density at radius 2 is 2.19 bits per heavy atom. The zero-order valence-corrected chi connectivity index (χ0v) is 13.4. The van der Waals surface area contributed by atoms with Gasteiger partial charge in [-0.3, -0.25) is 9.78 Å². The molecule has 1 saturated carbocycles. The largest absolute Gasteiger partial charge is 0.348 e. The first kappa shape index (κ1) is 14.3. The molecule has 3 unspecified atom stereocenters. The Bertz CT molecular complexity index is 644. The molecule has 21 heavy (non-hydrogen) atoms. The van der Waals surface area contributed by atoms with Crippen molar-refractivity contribution >= 4 is 21.8 Å². The third-order valence-corrected chi connectivity index (χ3v) is 4.39. The number of carbonyl (C=O) groups is 1. The van der Waals surface area contributed by atoms with Gasteiger partial charge in [-0.25, -0.2) is 0 Å². The number of hydrogen-bond donors (Lipinski definition) is 1. The van der Waals surface area contributed by atoms with Gasteiger partial charge < -0.3 is 5.32 Å². The summed E-state index contributed by atoms with van der Waals surface area (Å²) in [6, 6.07) is 13.9. The summed E-state index contributed by atoms with van der Waals surface area (Å²) in [5, 5.41) is 3.06. The van der Waals surface area contributed by atoms with Crippen LogP contribution >= 0.6 is 15.9 Å². The van der Waals surface area contributed by atoms with E-state index in [0.717, 1.165) is 16.6 Å². The number of benzene rings is 1. The fraction of sp³-hybridized carbons (Fsp3) is 0.294. The molecule has 108 valence electrons. The van der Waals surface area contributed by atoms with Crippen LogP contribution in [0.15, 0.2) is 53.1 Å². The molecule has 0 spiro atoms. The highest BCUT2D eigenvalue weighted by Gasteiger charge is 2.44. The van der Waals surface area contributed by atoms with Crippen LogP contribution in [0.3, 0.4) is 0 Å². The van der Waals surface area contributed by atoms with Crippen molar-refractivity contribution in [3.05, 3.63) is 64.4 Å². The van der Waals surface area contributed by atoms with Gasteiger partial charge in [-0.2, -0.15) is 0 Å². The van der Waals surface area contributed by atoms with Crippen molar-refractivity contribution in [2.45, 2.75) is 25.3 Å². The maximum atomic E-state index is 12.3. The SMILES string of the molecule is CC(NC(=O)C1CC1c1cccc(Br)c1)c1ccccn1. The van der Waals surface area contributed by atoms with Crippen molar-refractivity contribution in [2.75, 3.05) is 0 Å². The molecule has 1 aliphatic rings. The molecule has 4 heteroatoms. The average Bonchev–Trinajstić information content (AvgIpc) is 3.29. The smallest absolute Gasteiger partial charge is 0.224 e. The monoisotopic (exact) mass is 344 g/mol. The summed E-state index contributed by atoms with van der Waals surface area (Å²) < 4.78 is 1.06. The molecular formula is C17H17BrN2O.